The van der Waals surface area contributed by atoms with Gasteiger partial charge in [-0.25, -0.2) is 0 Å². The number of quaternary nitrogens is 1. The van der Waals surface area contributed by atoms with E-state index in [1.807, 2.05) is 78.9 Å². The summed E-state index contributed by atoms with van der Waals surface area (Å²) in [7, 11) is 0. The van der Waals surface area contributed by atoms with Crippen LogP contribution in [0.3, 0.4) is 0 Å². The van der Waals surface area contributed by atoms with Crippen LogP contribution in [0.25, 0.3) is 11.1 Å². The molecule has 0 spiro atoms. The Kier molecular flexibility index (Phi) is 6.33. The minimum absolute atomic E-state index is 0.0183. The number of benzene rings is 4. The molecular weight excluding hydrogens is 368 g/mol. The number of carbonyl (C=O) groups excluding carboxylic acids is 1. The third-order valence-electron chi connectivity index (χ3n) is 5.14. The lowest BCUT2D eigenvalue weighted by Gasteiger charge is -2.17. The first-order chi connectivity index (χ1) is 14.8. The van der Waals surface area contributed by atoms with Gasteiger partial charge in [0.15, 0.2) is 6.54 Å². The zero-order valence-electron chi connectivity index (χ0n) is 16.7. The lowest BCUT2D eigenvalue weighted by Crippen LogP contribution is -2.87. The number of nitrogens with two attached hydrogens (primary N) is 1. The molecule has 0 aliphatic carbocycles. The number of rotatable bonds is 7. The molecule has 4 rings (SSSR count). The smallest absolute Gasteiger partial charge is 0.279 e. The van der Waals surface area contributed by atoms with Crippen molar-refractivity contribution in [3.63, 3.8) is 0 Å². The summed E-state index contributed by atoms with van der Waals surface area (Å²) in [6.07, 6.45) is 0. The highest BCUT2D eigenvalue weighted by Gasteiger charge is 2.19. The van der Waals surface area contributed by atoms with E-state index in [9.17, 15) is 4.79 Å². The van der Waals surface area contributed by atoms with Crippen molar-refractivity contribution in [1.29, 1.82) is 0 Å². The van der Waals surface area contributed by atoms with Crippen LogP contribution in [0.2, 0.25) is 0 Å². The topological polar surface area (TPSA) is 45.7 Å². The zero-order chi connectivity index (χ0) is 20.6. The SMILES string of the molecule is O=C(C[NH2+]C(c1ccccc1)c1ccccc1)Nc1ccccc1-c1ccccc1. The molecule has 1 amide bonds. The zero-order valence-corrected chi connectivity index (χ0v) is 16.7. The van der Waals surface area contributed by atoms with E-state index in [0.29, 0.717) is 6.54 Å². The van der Waals surface area contributed by atoms with Gasteiger partial charge in [-0.2, -0.15) is 0 Å². The highest BCUT2D eigenvalue weighted by Crippen LogP contribution is 2.27. The molecular formula is C27H25N2O+. The quantitative estimate of drug-likeness (QED) is 0.472. The number of nitrogens with one attached hydrogen (secondary N) is 1. The molecule has 0 bridgehead atoms. The Labute approximate surface area is 177 Å². The maximum absolute atomic E-state index is 12.8. The first-order valence-corrected chi connectivity index (χ1v) is 10.2. The van der Waals surface area contributed by atoms with E-state index in [-0.39, 0.29) is 11.9 Å². The lowest BCUT2D eigenvalue weighted by molar-refractivity contribution is -0.676. The minimum atomic E-state index is -0.0183. The monoisotopic (exact) mass is 393 g/mol. The van der Waals surface area contributed by atoms with Gasteiger partial charge in [0.25, 0.3) is 5.91 Å². The molecule has 148 valence electrons. The number of carbonyl (C=O) groups is 1. The highest BCUT2D eigenvalue weighted by atomic mass is 16.1. The van der Waals surface area contributed by atoms with Crippen molar-refractivity contribution in [3.8, 4) is 11.1 Å². The van der Waals surface area contributed by atoms with Crippen LogP contribution in [0.4, 0.5) is 5.69 Å². The summed E-state index contributed by atoms with van der Waals surface area (Å²) in [6, 6.07) is 38.7. The van der Waals surface area contributed by atoms with E-state index >= 15 is 0 Å². The largest absolute Gasteiger partial charge is 0.328 e. The van der Waals surface area contributed by atoms with Crippen LogP contribution in [-0.2, 0) is 4.79 Å². The second-order valence-electron chi connectivity index (χ2n) is 7.20. The molecule has 3 heteroatoms. The Morgan fingerprint density at radius 3 is 1.77 bits per heavy atom. The standard InChI is InChI=1S/C27H24N2O/c30-26(29-25-19-11-10-18-24(25)21-12-4-1-5-13-21)20-28-27(22-14-6-2-7-15-22)23-16-8-3-9-17-23/h1-19,27-28H,20H2,(H,29,30)/p+1. The summed E-state index contributed by atoms with van der Waals surface area (Å²) >= 11 is 0. The van der Waals surface area contributed by atoms with Crippen LogP contribution in [-0.4, -0.2) is 12.5 Å². The van der Waals surface area contributed by atoms with Crippen molar-refractivity contribution < 1.29 is 10.1 Å². The van der Waals surface area contributed by atoms with E-state index in [1.54, 1.807) is 0 Å². The van der Waals surface area contributed by atoms with Gasteiger partial charge in [0, 0.05) is 22.4 Å². The Morgan fingerprint density at radius 2 is 1.17 bits per heavy atom. The molecule has 4 aromatic rings. The van der Waals surface area contributed by atoms with Crippen molar-refractivity contribution in [3.05, 3.63) is 126 Å². The van der Waals surface area contributed by atoms with Crippen LogP contribution < -0.4 is 10.6 Å². The van der Waals surface area contributed by atoms with E-state index in [4.69, 9.17) is 0 Å². The van der Waals surface area contributed by atoms with Gasteiger partial charge in [0.2, 0.25) is 0 Å². The minimum Gasteiger partial charge on any atom is -0.328 e. The molecule has 0 fully saturated rings. The molecule has 0 atom stereocenters. The molecule has 30 heavy (non-hydrogen) atoms. The molecule has 0 aromatic heterocycles. The molecule has 0 saturated heterocycles. The Hall–Kier alpha value is -3.69. The Bertz CT molecular complexity index is 1040. The third kappa shape index (κ3) is 4.83. The van der Waals surface area contributed by atoms with E-state index in [0.717, 1.165) is 16.8 Å². The first-order valence-electron chi connectivity index (χ1n) is 10.2. The number of hydrogen-bond acceptors (Lipinski definition) is 1. The molecule has 0 heterocycles. The van der Waals surface area contributed by atoms with Gasteiger partial charge in [-0.3, -0.25) is 4.79 Å². The highest BCUT2D eigenvalue weighted by molar-refractivity contribution is 5.95. The molecule has 0 unspecified atom stereocenters. The van der Waals surface area contributed by atoms with Crippen LogP contribution in [0.15, 0.2) is 115 Å². The van der Waals surface area contributed by atoms with Crippen LogP contribution >= 0.6 is 0 Å². The summed E-state index contributed by atoms with van der Waals surface area (Å²) in [5.74, 6) is -0.0183. The molecule has 3 N–H and O–H groups in total. The fourth-order valence-electron chi connectivity index (χ4n) is 3.67. The van der Waals surface area contributed by atoms with E-state index < -0.39 is 0 Å². The Balaban J connectivity index is 1.49. The summed E-state index contributed by atoms with van der Waals surface area (Å²) in [4.78, 5) is 12.8. The summed E-state index contributed by atoms with van der Waals surface area (Å²) in [5.41, 5.74) is 5.30. The normalized spacial score (nSPS) is 10.7. The van der Waals surface area contributed by atoms with Gasteiger partial charge in [-0.1, -0.05) is 109 Å². The van der Waals surface area contributed by atoms with Crippen LogP contribution in [0.1, 0.15) is 17.2 Å². The predicted molar refractivity (Wildman–Crippen MR) is 122 cm³/mol. The van der Waals surface area contributed by atoms with Crippen LogP contribution in [0.5, 0.6) is 0 Å². The number of amides is 1. The fourth-order valence-corrected chi connectivity index (χ4v) is 3.67. The maximum Gasteiger partial charge on any atom is 0.279 e. The molecule has 0 saturated carbocycles. The predicted octanol–water partition coefficient (Wildman–Crippen LogP) is 4.65. The van der Waals surface area contributed by atoms with Crippen molar-refractivity contribution in [1.82, 2.24) is 0 Å². The van der Waals surface area contributed by atoms with Gasteiger partial charge in [0.05, 0.1) is 0 Å². The van der Waals surface area contributed by atoms with Crippen LogP contribution in [0, 0.1) is 0 Å². The van der Waals surface area contributed by atoms with Crippen molar-refractivity contribution in [2.45, 2.75) is 6.04 Å². The summed E-state index contributed by atoms with van der Waals surface area (Å²) < 4.78 is 0. The first kappa shape index (κ1) is 19.6. The average Bonchev–Trinajstić information content (AvgIpc) is 2.81. The average molecular weight is 394 g/mol. The third-order valence-corrected chi connectivity index (χ3v) is 5.14. The van der Waals surface area contributed by atoms with Gasteiger partial charge in [-0.15, -0.1) is 0 Å². The van der Waals surface area contributed by atoms with Gasteiger partial charge < -0.3 is 10.6 Å². The number of para-hydroxylation sites is 1. The molecule has 4 aromatic carbocycles. The van der Waals surface area contributed by atoms with Gasteiger partial charge >= 0.3 is 0 Å². The Morgan fingerprint density at radius 1 is 0.667 bits per heavy atom. The lowest BCUT2D eigenvalue weighted by atomic mass is 9.99. The summed E-state index contributed by atoms with van der Waals surface area (Å²) in [5, 5.41) is 5.19. The van der Waals surface area contributed by atoms with Gasteiger partial charge in [0.1, 0.15) is 6.04 Å². The van der Waals surface area contributed by atoms with Gasteiger partial charge in [-0.05, 0) is 11.6 Å². The van der Waals surface area contributed by atoms with E-state index in [2.05, 4.69) is 47.0 Å². The maximum atomic E-state index is 12.8. The van der Waals surface area contributed by atoms with Crippen molar-refractivity contribution >= 4 is 11.6 Å². The molecule has 3 nitrogen and oxygen atoms in total. The van der Waals surface area contributed by atoms with Crippen molar-refractivity contribution in [2.24, 2.45) is 0 Å². The molecule has 0 aliphatic heterocycles. The fraction of sp³-hybridized carbons (Fsp3) is 0.0741. The second-order valence-corrected chi connectivity index (χ2v) is 7.20. The molecule has 0 radical (unpaired) electrons. The number of anilines is 1. The summed E-state index contributed by atoms with van der Waals surface area (Å²) in [6.45, 7) is 0.331. The molecule has 0 aliphatic rings. The number of hydrogen-bond donors (Lipinski definition) is 2. The second kappa shape index (κ2) is 9.68. The van der Waals surface area contributed by atoms with Crippen molar-refractivity contribution in [2.75, 3.05) is 11.9 Å². The van der Waals surface area contributed by atoms with E-state index in [1.165, 1.54) is 11.1 Å².